The van der Waals surface area contributed by atoms with Crippen LogP contribution in [-0.4, -0.2) is 12.6 Å². The van der Waals surface area contributed by atoms with Gasteiger partial charge >= 0.3 is 0 Å². The van der Waals surface area contributed by atoms with Crippen molar-refractivity contribution in [1.82, 2.24) is 5.32 Å². The Hall–Kier alpha value is -0.0400. The van der Waals surface area contributed by atoms with Crippen LogP contribution < -0.4 is 5.32 Å². The van der Waals surface area contributed by atoms with E-state index in [9.17, 15) is 0 Å². The Kier molecular flexibility index (Phi) is 11.7. The lowest BCUT2D eigenvalue weighted by Crippen LogP contribution is -2.41. The highest BCUT2D eigenvalue weighted by Gasteiger charge is 2.26. The highest BCUT2D eigenvalue weighted by molar-refractivity contribution is 4.82. The summed E-state index contributed by atoms with van der Waals surface area (Å²) >= 11 is 0. The molecule has 0 bridgehead atoms. The highest BCUT2D eigenvalue weighted by Crippen LogP contribution is 2.28. The molecule has 19 heavy (non-hydrogen) atoms. The Balaban J connectivity index is 3.65. The fraction of sp³-hybridized carbons (Fsp3) is 1.00. The third kappa shape index (κ3) is 9.49. The van der Waals surface area contributed by atoms with Crippen molar-refractivity contribution in [1.29, 1.82) is 0 Å². The molecule has 0 aromatic carbocycles. The van der Waals surface area contributed by atoms with E-state index in [1.165, 1.54) is 64.2 Å². The molecule has 0 amide bonds. The maximum atomic E-state index is 3.69. The zero-order valence-electron chi connectivity index (χ0n) is 14.4. The SMILES string of the molecule is CCCCCCCCCCC(NCC)C(C)(C)CC. The summed E-state index contributed by atoms with van der Waals surface area (Å²) in [6, 6.07) is 0.697. The first-order valence-electron chi connectivity index (χ1n) is 8.81. The van der Waals surface area contributed by atoms with Crippen molar-refractivity contribution in [2.45, 2.75) is 105 Å². The Bertz CT molecular complexity index is 186. The van der Waals surface area contributed by atoms with Crippen LogP contribution in [-0.2, 0) is 0 Å². The normalized spacial score (nSPS) is 13.7. The van der Waals surface area contributed by atoms with Crippen LogP contribution in [0.25, 0.3) is 0 Å². The Morgan fingerprint density at radius 3 is 1.79 bits per heavy atom. The minimum absolute atomic E-state index is 0.442. The van der Waals surface area contributed by atoms with Crippen molar-refractivity contribution in [3.8, 4) is 0 Å². The number of rotatable bonds is 13. The van der Waals surface area contributed by atoms with Crippen molar-refractivity contribution in [2.75, 3.05) is 6.54 Å². The van der Waals surface area contributed by atoms with E-state index in [4.69, 9.17) is 0 Å². The van der Waals surface area contributed by atoms with E-state index in [1.54, 1.807) is 0 Å². The van der Waals surface area contributed by atoms with E-state index in [1.807, 2.05) is 0 Å². The molecule has 0 radical (unpaired) electrons. The number of hydrogen-bond donors (Lipinski definition) is 1. The van der Waals surface area contributed by atoms with Crippen molar-refractivity contribution in [3.63, 3.8) is 0 Å². The first-order chi connectivity index (χ1) is 9.08. The van der Waals surface area contributed by atoms with Gasteiger partial charge in [-0.15, -0.1) is 0 Å². The van der Waals surface area contributed by atoms with Gasteiger partial charge in [-0.3, -0.25) is 0 Å². The fourth-order valence-electron chi connectivity index (χ4n) is 2.74. The lowest BCUT2D eigenvalue weighted by Gasteiger charge is -2.34. The third-order valence-electron chi connectivity index (χ3n) is 4.65. The molecule has 0 saturated heterocycles. The fourth-order valence-corrected chi connectivity index (χ4v) is 2.74. The minimum atomic E-state index is 0.442. The number of hydrogen-bond acceptors (Lipinski definition) is 1. The van der Waals surface area contributed by atoms with Crippen LogP contribution >= 0.6 is 0 Å². The second-order valence-corrected chi connectivity index (χ2v) is 6.72. The Morgan fingerprint density at radius 1 is 0.789 bits per heavy atom. The Morgan fingerprint density at radius 2 is 1.32 bits per heavy atom. The average molecular weight is 270 g/mol. The van der Waals surface area contributed by atoms with Crippen LogP contribution in [0.5, 0.6) is 0 Å². The highest BCUT2D eigenvalue weighted by atomic mass is 14.9. The first-order valence-corrected chi connectivity index (χ1v) is 8.81. The molecule has 1 nitrogen and oxygen atoms in total. The summed E-state index contributed by atoms with van der Waals surface area (Å²) in [5, 5.41) is 3.69. The van der Waals surface area contributed by atoms with Crippen molar-refractivity contribution in [2.24, 2.45) is 5.41 Å². The van der Waals surface area contributed by atoms with Gasteiger partial charge in [0.15, 0.2) is 0 Å². The molecule has 0 aliphatic carbocycles. The molecular weight excluding hydrogens is 230 g/mol. The molecule has 0 aromatic rings. The molecule has 116 valence electrons. The molecule has 0 aliphatic heterocycles. The van der Waals surface area contributed by atoms with Crippen LogP contribution in [0, 0.1) is 5.41 Å². The maximum Gasteiger partial charge on any atom is 0.0118 e. The number of nitrogens with one attached hydrogen (secondary N) is 1. The topological polar surface area (TPSA) is 12.0 Å². The molecule has 1 heteroatoms. The van der Waals surface area contributed by atoms with Gasteiger partial charge in [-0.25, -0.2) is 0 Å². The smallest absolute Gasteiger partial charge is 0.0118 e. The van der Waals surface area contributed by atoms with Gasteiger partial charge in [-0.1, -0.05) is 86.0 Å². The van der Waals surface area contributed by atoms with E-state index in [-0.39, 0.29) is 0 Å². The maximum absolute atomic E-state index is 3.69. The molecular formula is C18H39N. The molecule has 0 aromatic heterocycles. The van der Waals surface area contributed by atoms with E-state index >= 15 is 0 Å². The predicted molar refractivity (Wildman–Crippen MR) is 88.8 cm³/mol. The van der Waals surface area contributed by atoms with Gasteiger partial charge in [0.1, 0.15) is 0 Å². The zero-order valence-corrected chi connectivity index (χ0v) is 14.4. The van der Waals surface area contributed by atoms with Crippen LogP contribution in [0.3, 0.4) is 0 Å². The lowest BCUT2D eigenvalue weighted by atomic mass is 9.79. The molecule has 0 saturated carbocycles. The molecule has 0 fully saturated rings. The lowest BCUT2D eigenvalue weighted by molar-refractivity contribution is 0.218. The van der Waals surface area contributed by atoms with E-state index < -0.39 is 0 Å². The van der Waals surface area contributed by atoms with Gasteiger partial charge < -0.3 is 5.32 Å². The van der Waals surface area contributed by atoms with Crippen molar-refractivity contribution >= 4 is 0 Å². The summed E-state index contributed by atoms with van der Waals surface area (Å²) in [7, 11) is 0. The second-order valence-electron chi connectivity index (χ2n) is 6.72. The molecule has 1 unspecified atom stereocenters. The van der Waals surface area contributed by atoms with Crippen molar-refractivity contribution in [3.05, 3.63) is 0 Å². The average Bonchev–Trinajstić information content (AvgIpc) is 2.40. The van der Waals surface area contributed by atoms with Crippen LogP contribution in [0.15, 0.2) is 0 Å². The van der Waals surface area contributed by atoms with Gasteiger partial charge in [0.05, 0.1) is 0 Å². The molecule has 0 heterocycles. The predicted octanol–water partition coefficient (Wildman–Crippen LogP) is 5.93. The van der Waals surface area contributed by atoms with Gasteiger partial charge in [-0.05, 0) is 24.8 Å². The monoisotopic (exact) mass is 269 g/mol. The molecule has 0 aliphatic rings. The largest absolute Gasteiger partial charge is 0.314 e. The Labute approximate surface area is 122 Å². The van der Waals surface area contributed by atoms with E-state index in [0.29, 0.717) is 11.5 Å². The van der Waals surface area contributed by atoms with E-state index in [2.05, 4.69) is 39.9 Å². The standard InChI is InChI=1S/C18H39N/c1-6-9-10-11-12-13-14-15-16-17(19-8-3)18(4,5)7-2/h17,19H,6-16H2,1-5H3. The van der Waals surface area contributed by atoms with Crippen LogP contribution in [0.4, 0.5) is 0 Å². The quantitative estimate of drug-likeness (QED) is 0.408. The molecule has 0 spiro atoms. The van der Waals surface area contributed by atoms with Gasteiger partial charge in [-0.2, -0.15) is 0 Å². The summed E-state index contributed by atoms with van der Waals surface area (Å²) < 4.78 is 0. The second kappa shape index (κ2) is 11.8. The van der Waals surface area contributed by atoms with E-state index in [0.717, 1.165) is 6.54 Å². The summed E-state index contributed by atoms with van der Waals surface area (Å²) in [5.74, 6) is 0. The first kappa shape index (κ1) is 19.0. The minimum Gasteiger partial charge on any atom is -0.314 e. The summed E-state index contributed by atoms with van der Waals surface area (Å²) in [6.45, 7) is 12.8. The van der Waals surface area contributed by atoms with Crippen molar-refractivity contribution < 1.29 is 0 Å². The third-order valence-corrected chi connectivity index (χ3v) is 4.65. The van der Waals surface area contributed by atoms with Gasteiger partial charge in [0.25, 0.3) is 0 Å². The summed E-state index contributed by atoms with van der Waals surface area (Å²) in [4.78, 5) is 0. The zero-order chi connectivity index (χ0) is 14.6. The summed E-state index contributed by atoms with van der Waals surface area (Å²) in [6.07, 6.45) is 14.0. The number of unbranched alkanes of at least 4 members (excludes halogenated alkanes) is 7. The molecule has 1 N–H and O–H groups in total. The van der Waals surface area contributed by atoms with Gasteiger partial charge in [0.2, 0.25) is 0 Å². The van der Waals surface area contributed by atoms with Crippen LogP contribution in [0.2, 0.25) is 0 Å². The molecule has 0 rings (SSSR count). The van der Waals surface area contributed by atoms with Gasteiger partial charge in [0, 0.05) is 6.04 Å². The van der Waals surface area contributed by atoms with Crippen LogP contribution in [0.1, 0.15) is 98.8 Å². The molecule has 1 atom stereocenters. The summed E-state index contributed by atoms with van der Waals surface area (Å²) in [5.41, 5.74) is 0.442.